The van der Waals surface area contributed by atoms with E-state index in [9.17, 15) is 9.18 Å². The van der Waals surface area contributed by atoms with E-state index in [0.29, 0.717) is 28.8 Å². The quantitative estimate of drug-likeness (QED) is 0.191. The van der Waals surface area contributed by atoms with Gasteiger partial charge in [-0.2, -0.15) is 4.98 Å². The molecule has 1 aromatic heterocycles. The average Bonchev–Trinajstić information content (AvgIpc) is 3.00. The third kappa shape index (κ3) is 7.82. The molecule has 4 aromatic rings. The fourth-order valence-corrected chi connectivity index (χ4v) is 5.16. The van der Waals surface area contributed by atoms with Gasteiger partial charge >= 0.3 is 6.09 Å². The van der Waals surface area contributed by atoms with E-state index < -0.39 is 11.9 Å². The number of nitrogens with zero attached hydrogens (tertiary/aromatic N) is 5. The number of hydrogen-bond acceptors (Lipinski definition) is 8. The van der Waals surface area contributed by atoms with Gasteiger partial charge in [0.1, 0.15) is 11.6 Å². The first-order valence-corrected chi connectivity index (χ1v) is 14.9. The molecule has 1 saturated heterocycles. The van der Waals surface area contributed by atoms with E-state index in [1.165, 1.54) is 17.2 Å². The summed E-state index contributed by atoms with van der Waals surface area (Å²) in [5.41, 5.74) is 2.43. The zero-order valence-electron chi connectivity index (χ0n) is 25.1. The molecule has 11 heteroatoms. The highest BCUT2D eigenvalue weighted by Crippen LogP contribution is 2.33. The highest BCUT2D eigenvalue weighted by molar-refractivity contribution is 6.34. The lowest BCUT2D eigenvalue weighted by atomic mass is 10.1. The molecule has 1 N–H and O–H groups in total. The summed E-state index contributed by atoms with van der Waals surface area (Å²) in [6.45, 7) is 9.29. The van der Waals surface area contributed by atoms with Crippen molar-refractivity contribution in [2.75, 3.05) is 56.6 Å². The first-order chi connectivity index (χ1) is 21.3. The number of anilines is 4. The molecule has 9 nitrogen and oxygen atoms in total. The summed E-state index contributed by atoms with van der Waals surface area (Å²) in [4.78, 5) is 28.4. The second-order valence-corrected chi connectivity index (χ2v) is 11.1. The number of para-hydroxylation sites is 2. The summed E-state index contributed by atoms with van der Waals surface area (Å²) in [5, 5.41) is 3.35. The van der Waals surface area contributed by atoms with Crippen LogP contribution in [0.3, 0.4) is 0 Å². The summed E-state index contributed by atoms with van der Waals surface area (Å²) >= 11 is 6.50. The Morgan fingerprint density at radius 2 is 1.77 bits per heavy atom. The number of aryl methyl sites for hydroxylation is 2. The third-order valence-corrected chi connectivity index (χ3v) is 7.72. The number of aromatic nitrogens is 2. The predicted octanol–water partition coefficient (Wildman–Crippen LogP) is 6.98. The normalized spacial score (nSPS) is 13.8. The van der Waals surface area contributed by atoms with Crippen LogP contribution >= 0.6 is 11.6 Å². The van der Waals surface area contributed by atoms with Crippen molar-refractivity contribution in [2.45, 2.75) is 20.3 Å². The van der Waals surface area contributed by atoms with Gasteiger partial charge in [-0.05, 0) is 62.7 Å². The molecular formula is C33H36ClFN6O3. The fourth-order valence-electron chi connectivity index (χ4n) is 4.94. The zero-order valence-corrected chi connectivity index (χ0v) is 25.9. The number of piperazine rings is 1. The first kappa shape index (κ1) is 31.2. The zero-order chi connectivity index (χ0) is 31.1. The minimum atomic E-state index is -0.694. The predicted molar refractivity (Wildman–Crippen MR) is 171 cm³/mol. The molecular weight excluding hydrogens is 583 g/mol. The molecule has 1 amide bonds. The first-order valence-electron chi connectivity index (χ1n) is 14.5. The number of hydrogen-bond donors (Lipinski definition) is 1. The van der Waals surface area contributed by atoms with Crippen molar-refractivity contribution in [2.24, 2.45) is 0 Å². The second-order valence-electron chi connectivity index (χ2n) is 10.7. The van der Waals surface area contributed by atoms with Crippen LogP contribution in [0.2, 0.25) is 5.02 Å². The number of carbonyl (C=O) groups is 1. The molecule has 44 heavy (non-hydrogen) atoms. The van der Waals surface area contributed by atoms with Crippen molar-refractivity contribution in [1.29, 1.82) is 0 Å². The topological polar surface area (TPSA) is 83.1 Å². The number of halogens is 2. The Hall–Kier alpha value is -4.25. The van der Waals surface area contributed by atoms with Gasteiger partial charge in [-0.25, -0.2) is 19.1 Å². The third-order valence-electron chi connectivity index (χ3n) is 7.40. The molecule has 3 aromatic carbocycles. The van der Waals surface area contributed by atoms with E-state index in [0.717, 1.165) is 50.3 Å². The van der Waals surface area contributed by atoms with Gasteiger partial charge in [-0.1, -0.05) is 41.9 Å². The molecule has 0 saturated carbocycles. The highest BCUT2D eigenvalue weighted by atomic mass is 35.5. The van der Waals surface area contributed by atoms with E-state index in [1.54, 1.807) is 42.5 Å². The van der Waals surface area contributed by atoms with Crippen molar-refractivity contribution < 1.29 is 18.7 Å². The van der Waals surface area contributed by atoms with Gasteiger partial charge in [0.2, 0.25) is 5.95 Å². The van der Waals surface area contributed by atoms with Gasteiger partial charge in [0, 0.05) is 56.7 Å². The summed E-state index contributed by atoms with van der Waals surface area (Å²) in [7, 11) is 2.13. The smallest absolute Gasteiger partial charge is 0.425 e. The van der Waals surface area contributed by atoms with Gasteiger partial charge in [-0.15, -0.1) is 0 Å². The summed E-state index contributed by atoms with van der Waals surface area (Å²) in [5.74, 6) is 0.509. The molecule has 230 valence electrons. The number of amides is 1. The Kier molecular flexibility index (Phi) is 10.3. The minimum absolute atomic E-state index is 0.152. The molecule has 1 aliphatic heterocycles. The van der Waals surface area contributed by atoms with Crippen molar-refractivity contribution in [3.05, 3.63) is 94.9 Å². The number of nitrogens with one attached hydrogen (secondary N) is 1. The number of ether oxygens (including phenoxy) is 2. The maximum atomic E-state index is 14.9. The Morgan fingerprint density at radius 1 is 1.02 bits per heavy atom. The van der Waals surface area contributed by atoms with E-state index in [2.05, 4.69) is 32.1 Å². The van der Waals surface area contributed by atoms with Crippen molar-refractivity contribution in [3.8, 4) is 11.5 Å². The van der Waals surface area contributed by atoms with Crippen LogP contribution < -0.4 is 19.7 Å². The van der Waals surface area contributed by atoms with Crippen LogP contribution in [0.15, 0.2) is 72.9 Å². The lowest BCUT2D eigenvalue weighted by Gasteiger charge is -2.32. The largest absolute Gasteiger partial charge is 0.490 e. The number of carbonyl (C=O) groups excluding carboxylic acids is 1. The number of rotatable bonds is 10. The Labute approximate surface area is 262 Å². The van der Waals surface area contributed by atoms with E-state index in [1.807, 2.05) is 32.0 Å². The minimum Gasteiger partial charge on any atom is -0.490 e. The second kappa shape index (κ2) is 14.5. The van der Waals surface area contributed by atoms with Crippen molar-refractivity contribution in [3.63, 3.8) is 0 Å². The summed E-state index contributed by atoms with van der Waals surface area (Å²) in [6.07, 6.45) is 1.62. The molecule has 1 fully saturated rings. The van der Waals surface area contributed by atoms with Gasteiger partial charge in [-0.3, -0.25) is 0 Å². The van der Waals surface area contributed by atoms with Gasteiger partial charge in [0.25, 0.3) is 0 Å². The maximum absolute atomic E-state index is 14.9. The molecule has 2 heterocycles. The average molecular weight is 619 g/mol. The molecule has 0 aliphatic carbocycles. The van der Waals surface area contributed by atoms with E-state index in [4.69, 9.17) is 21.1 Å². The molecule has 0 atom stereocenters. The summed E-state index contributed by atoms with van der Waals surface area (Å²) in [6, 6.07) is 18.7. The Balaban J connectivity index is 1.28. The van der Waals surface area contributed by atoms with Crippen LogP contribution in [0.5, 0.6) is 11.5 Å². The molecule has 0 bridgehead atoms. The lowest BCUT2D eigenvalue weighted by molar-refractivity contribution is 0.145. The van der Waals surface area contributed by atoms with Gasteiger partial charge in [0.15, 0.2) is 11.6 Å². The van der Waals surface area contributed by atoms with E-state index in [-0.39, 0.29) is 17.5 Å². The van der Waals surface area contributed by atoms with Gasteiger partial charge in [0.05, 0.1) is 17.3 Å². The van der Waals surface area contributed by atoms with Crippen LogP contribution in [-0.4, -0.2) is 72.2 Å². The van der Waals surface area contributed by atoms with Crippen molar-refractivity contribution >= 4 is 40.8 Å². The molecule has 1 aliphatic rings. The Bertz CT molecular complexity index is 1580. The molecule has 0 unspecified atom stereocenters. The summed E-state index contributed by atoms with van der Waals surface area (Å²) < 4.78 is 26.5. The highest BCUT2D eigenvalue weighted by Gasteiger charge is 2.25. The number of benzene rings is 3. The van der Waals surface area contributed by atoms with Crippen LogP contribution in [0.4, 0.5) is 32.3 Å². The standard InChI is InChI=1S/C33H36ClFN6O3/c1-23-8-6-9-24(2)31(23)44-33(42)41(28-11-5-4-10-26(28)34)30-14-15-36-32(38-30)37-25-12-13-29(27(35)22-25)43-21-7-16-40-19-17-39(3)18-20-40/h4-6,8-15,22H,7,16-21H2,1-3H3,(H,36,37,38). The van der Waals surface area contributed by atoms with Crippen LogP contribution in [0, 0.1) is 19.7 Å². The molecule has 0 radical (unpaired) electrons. The SMILES string of the molecule is Cc1cccc(C)c1OC(=O)N(c1ccnc(Nc2ccc(OCCCN3CCN(C)CC3)c(F)c2)n1)c1ccccc1Cl. The lowest BCUT2D eigenvalue weighted by Crippen LogP contribution is -2.44. The van der Waals surface area contributed by atoms with Crippen LogP contribution in [0.25, 0.3) is 0 Å². The van der Waals surface area contributed by atoms with Crippen LogP contribution in [0.1, 0.15) is 17.5 Å². The van der Waals surface area contributed by atoms with Gasteiger partial charge < -0.3 is 24.6 Å². The Morgan fingerprint density at radius 3 is 2.50 bits per heavy atom. The van der Waals surface area contributed by atoms with Crippen LogP contribution in [-0.2, 0) is 0 Å². The maximum Gasteiger partial charge on any atom is 0.425 e. The monoisotopic (exact) mass is 618 g/mol. The van der Waals surface area contributed by atoms with Crippen molar-refractivity contribution in [1.82, 2.24) is 19.8 Å². The fraction of sp³-hybridized carbons (Fsp3) is 0.303. The molecule has 5 rings (SSSR count). The number of likely N-dealkylation sites (N-methyl/N-ethyl adjacent to an activating group) is 1. The molecule has 0 spiro atoms. The van der Waals surface area contributed by atoms with E-state index >= 15 is 0 Å².